The molecule has 0 atom stereocenters. The normalized spacial score (nSPS) is 24.8. The Kier molecular flexibility index (Phi) is 7.43. The van der Waals surface area contributed by atoms with Gasteiger partial charge in [-0.2, -0.15) is 0 Å². The smallest absolute Gasteiger partial charge is 0.242 e. The first-order valence-electron chi connectivity index (χ1n) is 12.4. The SMILES string of the molecule is O=S(=O)(N[C@H]1CC[C@@H](N2CCC(c3ccccc3OC3CC3)CC2)CC1)c1ccc(Cl)cc1Cl. The molecule has 1 saturated heterocycles. The van der Waals surface area contributed by atoms with Crippen LogP contribution in [-0.2, 0) is 10.0 Å². The number of benzene rings is 2. The number of para-hydroxylation sites is 1. The van der Waals surface area contributed by atoms with Crippen molar-refractivity contribution in [3.63, 3.8) is 0 Å². The second kappa shape index (κ2) is 10.4. The zero-order valence-corrected chi connectivity index (χ0v) is 21.6. The summed E-state index contributed by atoms with van der Waals surface area (Å²) >= 11 is 12.0. The minimum atomic E-state index is -3.66. The van der Waals surface area contributed by atoms with Crippen LogP contribution < -0.4 is 9.46 Å². The van der Waals surface area contributed by atoms with E-state index in [0.717, 1.165) is 57.4 Å². The molecule has 0 amide bonds. The van der Waals surface area contributed by atoms with Crippen LogP contribution in [-0.4, -0.2) is 44.6 Å². The molecular weight excluding hydrogens is 491 g/mol. The average molecular weight is 524 g/mol. The van der Waals surface area contributed by atoms with Gasteiger partial charge in [0.25, 0.3) is 0 Å². The van der Waals surface area contributed by atoms with Crippen LogP contribution in [0, 0.1) is 0 Å². The molecule has 1 aliphatic heterocycles. The summed E-state index contributed by atoms with van der Waals surface area (Å²) in [7, 11) is -3.66. The minimum Gasteiger partial charge on any atom is -0.490 e. The van der Waals surface area contributed by atoms with Gasteiger partial charge >= 0.3 is 0 Å². The molecule has 1 N–H and O–H groups in total. The van der Waals surface area contributed by atoms with E-state index in [-0.39, 0.29) is 16.0 Å². The summed E-state index contributed by atoms with van der Waals surface area (Å²) in [6, 6.07) is 13.5. The van der Waals surface area contributed by atoms with Crippen LogP contribution in [0.1, 0.15) is 62.8 Å². The molecule has 0 bridgehead atoms. The van der Waals surface area contributed by atoms with Crippen molar-refractivity contribution in [2.24, 2.45) is 0 Å². The Bertz CT molecular complexity index is 1110. The quantitative estimate of drug-likeness (QED) is 0.484. The summed E-state index contributed by atoms with van der Waals surface area (Å²) in [6.45, 7) is 2.17. The second-order valence-electron chi connectivity index (χ2n) is 9.87. The van der Waals surface area contributed by atoms with E-state index >= 15 is 0 Å². The van der Waals surface area contributed by atoms with Crippen LogP contribution >= 0.6 is 23.2 Å². The lowest BCUT2D eigenvalue weighted by molar-refractivity contribution is 0.115. The summed E-state index contributed by atoms with van der Waals surface area (Å²) in [5.41, 5.74) is 1.37. The Morgan fingerprint density at radius 1 is 0.882 bits per heavy atom. The van der Waals surface area contributed by atoms with Crippen LogP contribution in [0.15, 0.2) is 47.4 Å². The lowest BCUT2D eigenvalue weighted by Gasteiger charge is -2.41. The molecule has 1 heterocycles. The van der Waals surface area contributed by atoms with Gasteiger partial charge in [-0.3, -0.25) is 0 Å². The van der Waals surface area contributed by atoms with Crippen LogP contribution in [0.5, 0.6) is 5.75 Å². The Hall–Kier alpha value is -1.31. The van der Waals surface area contributed by atoms with E-state index in [1.807, 2.05) is 0 Å². The van der Waals surface area contributed by atoms with Gasteiger partial charge in [-0.1, -0.05) is 41.4 Å². The second-order valence-corrected chi connectivity index (χ2v) is 12.4. The number of rotatable bonds is 7. The molecule has 0 spiro atoms. The maximum absolute atomic E-state index is 12.8. The minimum absolute atomic E-state index is 0.0583. The highest BCUT2D eigenvalue weighted by atomic mass is 35.5. The summed E-state index contributed by atoms with van der Waals surface area (Å²) < 4.78 is 34.7. The Morgan fingerprint density at radius 3 is 2.26 bits per heavy atom. The molecule has 0 aromatic heterocycles. The summed E-state index contributed by atoms with van der Waals surface area (Å²) in [5, 5.41) is 0.577. The van der Waals surface area contributed by atoms with E-state index in [9.17, 15) is 8.42 Å². The van der Waals surface area contributed by atoms with Gasteiger partial charge in [-0.05, 0) is 100 Å². The van der Waals surface area contributed by atoms with Crippen LogP contribution in [0.2, 0.25) is 10.0 Å². The van der Waals surface area contributed by atoms with Gasteiger partial charge in [0.05, 0.1) is 11.1 Å². The lowest BCUT2D eigenvalue weighted by atomic mass is 9.85. The fraction of sp³-hybridized carbons (Fsp3) is 0.538. The number of hydrogen-bond acceptors (Lipinski definition) is 4. The molecule has 5 rings (SSSR count). The summed E-state index contributed by atoms with van der Waals surface area (Å²) in [5.74, 6) is 1.63. The van der Waals surface area contributed by atoms with Crippen molar-refractivity contribution in [3.8, 4) is 5.75 Å². The topological polar surface area (TPSA) is 58.6 Å². The molecule has 0 radical (unpaired) electrons. The van der Waals surface area contributed by atoms with Gasteiger partial charge in [-0.15, -0.1) is 0 Å². The molecule has 34 heavy (non-hydrogen) atoms. The van der Waals surface area contributed by atoms with Crippen LogP contribution in [0.3, 0.4) is 0 Å². The number of likely N-dealkylation sites (tertiary alicyclic amines) is 1. The van der Waals surface area contributed by atoms with E-state index in [1.165, 1.54) is 30.5 Å². The van der Waals surface area contributed by atoms with Gasteiger partial charge in [0.15, 0.2) is 0 Å². The van der Waals surface area contributed by atoms with Gasteiger partial charge in [0, 0.05) is 17.1 Å². The molecule has 8 heteroatoms. The fourth-order valence-corrected chi connectivity index (χ4v) is 7.48. The van der Waals surface area contributed by atoms with Gasteiger partial charge in [0.1, 0.15) is 10.6 Å². The Balaban J connectivity index is 1.12. The van der Waals surface area contributed by atoms with Crippen LogP contribution in [0.25, 0.3) is 0 Å². The van der Waals surface area contributed by atoms with E-state index in [2.05, 4.69) is 33.9 Å². The molecule has 3 aliphatic rings. The largest absolute Gasteiger partial charge is 0.490 e. The van der Waals surface area contributed by atoms with Crippen molar-refractivity contribution in [2.75, 3.05) is 13.1 Å². The van der Waals surface area contributed by atoms with Crippen molar-refractivity contribution >= 4 is 33.2 Å². The maximum Gasteiger partial charge on any atom is 0.242 e. The zero-order chi connectivity index (χ0) is 23.7. The molecule has 2 aromatic rings. The number of piperidine rings is 1. The molecule has 2 saturated carbocycles. The van der Waals surface area contributed by atoms with E-state index in [0.29, 0.717) is 23.1 Å². The molecule has 2 aromatic carbocycles. The zero-order valence-electron chi connectivity index (χ0n) is 19.3. The van der Waals surface area contributed by atoms with Crippen molar-refractivity contribution in [1.82, 2.24) is 9.62 Å². The molecule has 3 fully saturated rings. The van der Waals surface area contributed by atoms with Gasteiger partial charge in [0.2, 0.25) is 10.0 Å². The summed E-state index contributed by atoms with van der Waals surface area (Å²) in [6.07, 6.45) is 8.77. The molecular formula is C26H32Cl2N2O3S. The van der Waals surface area contributed by atoms with Gasteiger partial charge in [-0.25, -0.2) is 13.1 Å². The standard InChI is InChI=1S/C26H32Cl2N2O3S/c27-19-5-12-26(24(28)17-19)34(31,32)29-20-6-8-21(9-7-20)30-15-13-18(14-16-30)23-3-1-2-4-25(23)33-22-10-11-22/h1-5,12,17-18,20-22,29H,6-11,13-16H2/t20-,21+. The van der Waals surface area contributed by atoms with Crippen molar-refractivity contribution in [1.29, 1.82) is 0 Å². The predicted molar refractivity (Wildman–Crippen MR) is 136 cm³/mol. The summed E-state index contributed by atoms with van der Waals surface area (Å²) in [4.78, 5) is 2.70. The Morgan fingerprint density at radius 2 is 1.59 bits per heavy atom. The van der Waals surface area contributed by atoms with Crippen LogP contribution in [0.4, 0.5) is 0 Å². The third-order valence-electron chi connectivity index (χ3n) is 7.42. The maximum atomic E-state index is 12.8. The van der Waals surface area contributed by atoms with Crippen molar-refractivity contribution in [3.05, 3.63) is 58.1 Å². The first-order valence-corrected chi connectivity index (χ1v) is 14.6. The molecule has 5 nitrogen and oxygen atoms in total. The number of nitrogens with zero attached hydrogens (tertiary/aromatic N) is 1. The average Bonchev–Trinajstić information content (AvgIpc) is 3.64. The van der Waals surface area contributed by atoms with Crippen molar-refractivity contribution < 1.29 is 13.2 Å². The number of nitrogens with one attached hydrogen (secondary N) is 1. The van der Waals surface area contributed by atoms with E-state index in [4.69, 9.17) is 27.9 Å². The monoisotopic (exact) mass is 522 g/mol. The third kappa shape index (κ3) is 5.73. The molecule has 0 unspecified atom stereocenters. The lowest BCUT2D eigenvalue weighted by Crippen LogP contribution is -2.46. The fourth-order valence-electron chi connectivity index (χ4n) is 5.40. The number of hydrogen-bond donors (Lipinski definition) is 1. The highest BCUT2D eigenvalue weighted by Crippen LogP contribution is 2.38. The first kappa shape index (κ1) is 24.4. The first-order chi connectivity index (χ1) is 16.4. The highest BCUT2D eigenvalue weighted by molar-refractivity contribution is 7.89. The predicted octanol–water partition coefficient (Wildman–Crippen LogP) is 6.00. The van der Waals surface area contributed by atoms with E-state index < -0.39 is 10.0 Å². The number of halogens is 2. The Labute approximate surface area is 212 Å². The molecule has 184 valence electrons. The highest BCUT2D eigenvalue weighted by Gasteiger charge is 2.33. The molecule has 2 aliphatic carbocycles. The number of ether oxygens (including phenoxy) is 1. The van der Waals surface area contributed by atoms with Gasteiger partial charge < -0.3 is 9.64 Å². The van der Waals surface area contributed by atoms with Crippen molar-refractivity contribution in [2.45, 2.75) is 80.4 Å². The van der Waals surface area contributed by atoms with E-state index in [1.54, 1.807) is 6.07 Å². The number of sulfonamides is 1. The third-order valence-corrected chi connectivity index (χ3v) is 9.66.